The topological polar surface area (TPSA) is 114 Å². The highest BCUT2D eigenvalue weighted by Gasteiger charge is 2.30. The second-order valence-corrected chi connectivity index (χ2v) is 8.52. The van der Waals surface area contributed by atoms with Crippen molar-refractivity contribution in [2.75, 3.05) is 24.7 Å². The molecule has 1 aliphatic heterocycles. The molecule has 0 spiro atoms. The van der Waals surface area contributed by atoms with Crippen LogP contribution in [-0.2, 0) is 11.3 Å². The molecule has 182 valence electrons. The van der Waals surface area contributed by atoms with E-state index in [-0.39, 0.29) is 11.9 Å². The van der Waals surface area contributed by atoms with Crippen molar-refractivity contribution in [3.63, 3.8) is 0 Å². The van der Waals surface area contributed by atoms with E-state index in [0.29, 0.717) is 38.2 Å². The maximum absolute atomic E-state index is 12.6. The summed E-state index contributed by atoms with van der Waals surface area (Å²) in [6.45, 7) is 4.53. The molecular formula is C26H35N5O3. The Hall–Kier alpha value is -3.36. The fourth-order valence-electron chi connectivity index (χ4n) is 3.90. The smallest absolute Gasteiger partial charge is 0.254 e. The minimum absolute atomic E-state index is 0.0286. The number of hydrazine groups is 1. The van der Waals surface area contributed by atoms with Crippen molar-refractivity contribution in [3.05, 3.63) is 71.6 Å². The number of fused-ring (bicyclic) bond motifs is 1. The molecule has 2 aromatic rings. The van der Waals surface area contributed by atoms with Gasteiger partial charge in [0.15, 0.2) is 0 Å². The molecule has 1 atom stereocenters. The lowest BCUT2D eigenvalue weighted by molar-refractivity contribution is -0.108. The van der Waals surface area contributed by atoms with Gasteiger partial charge in [-0.25, -0.2) is 5.84 Å². The third kappa shape index (κ3) is 7.07. The van der Waals surface area contributed by atoms with E-state index in [9.17, 15) is 9.59 Å². The molecule has 1 unspecified atom stereocenters. The molecule has 8 nitrogen and oxygen atoms in total. The Morgan fingerprint density at radius 2 is 2.03 bits per heavy atom. The van der Waals surface area contributed by atoms with Gasteiger partial charge in [0.2, 0.25) is 0 Å². The number of benzene rings is 2. The monoisotopic (exact) mass is 465 g/mol. The molecule has 34 heavy (non-hydrogen) atoms. The van der Waals surface area contributed by atoms with E-state index < -0.39 is 0 Å². The first kappa shape index (κ1) is 25.3. The highest BCUT2D eigenvalue weighted by molar-refractivity contribution is 5.98. The number of aldehydes is 1. The molecule has 0 aromatic heterocycles. The number of nitrogens with two attached hydrogens (primary N) is 2. The van der Waals surface area contributed by atoms with Gasteiger partial charge in [-0.1, -0.05) is 18.2 Å². The zero-order valence-corrected chi connectivity index (χ0v) is 19.8. The largest absolute Gasteiger partial charge is 0.494 e. The SMILES string of the molecule is CC(CCC=O)N1Cc2cc(OCCCCNC/C(N)=C/N(N)c3ccccc3)ccc2C1=O. The Morgan fingerprint density at radius 1 is 1.24 bits per heavy atom. The van der Waals surface area contributed by atoms with Crippen LogP contribution in [0.5, 0.6) is 5.75 Å². The molecule has 8 heteroatoms. The number of anilines is 1. The fourth-order valence-corrected chi connectivity index (χ4v) is 3.90. The van der Waals surface area contributed by atoms with E-state index >= 15 is 0 Å². The average Bonchev–Trinajstić information content (AvgIpc) is 3.18. The van der Waals surface area contributed by atoms with Crippen LogP contribution >= 0.6 is 0 Å². The van der Waals surface area contributed by atoms with Crippen molar-refractivity contribution in [3.8, 4) is 5.75 Å². The summed E-state index contributed by atoms with van der Waals surface area (Å²) >= 11 is 0. The standard InChI is InChI=1S/C26H35N5O3/c1-20(8-7-14-32)30-18-21-16-24(11-12-25(21)26(30)33)34-15-6-5-13-29-17-22(27)19-31(28)23-9-3-2-4-10-23/h2-4,9-12,14,16,19-20,29H,5-8,13,15,17-18,27-28H2,1H3/b22-19-. The minimum atomic E-state index is 0.0286. The summed E-state index contributed by atoms with van der Waals surface area (Å²) in [5.74, 6) is 6.81. The molecule has 0 fully saturated rings. The summed E-state index contributed by atoms with van der Waals surface area (Å²) in [4.78, 5) is 25.1. The zero-order chi connectivity index (χ0) is 24.3. The Kier molecular flexibility index (Phi) is 9.49. The van der Waals surface area contributed by atoms with Gasteiger partial charge in [0.25, 0.3) is 5.91 Å². The van der Waals surface area contributed by atoms with Crippen molar-refractivity contribution in [1.29, 1.82) is 0 Å². The lowest BCUT2D eigenvalue weighted by atomic mass is 10.1. The van der Waals surface area contributed by atoms with Gasteiger partial charge >= 0.3 is 0 Å². The van der Waals surface area contributed by atoms with E-state index in [2.05, 4.69) is 5.32 Å². The molecule has 0 bridgehead atoms. The first-order valence-corrected chi connectivity index (χ1v) is 11.8. The molecule has 0 aliphatic carbocycles. The number of nitrogens with one attached hydrogen (secondary N) is 1. The number of unbranched alkanes of at least 4 members (excludes halogenated alkanes) is 1. The number of carbonyl (C=O) groups is 2. The molecule has 5 N–H and O–H groups in total. The van der Waals surface area contributed by atoms with Crippen LogP contribution in [0.25, 0.3) is 0 Å². The van der Waals surface area contributed by atoms with Crippen molar-refractivity contribution in [1.82, 2.24) is 10.2 Å². The molecule has 2 aromatic carbocycles. The number of hydrogen-bond acceptors (Lipinski definition) is 7. The van der Waals surface area contributed by atoms with Crippen molar-refractivity contribution in [2.45, 2.75) is 45.2 Å². The Morgan fingerprint density at radius 3 is 2.79 bits per heavy atom. The molecule has 0 saturated heterocycles. The highest BCUT2D eigenvalue weighted by Crippen LogP contribution is 2.29. The molecule has 1 aliphatic rings. The van der Waals surface area contributed by atoms with Crippen LogP contribution in [0.1, 0.15) is 48.5 Å². The van der Waals surface area contributed by atoms with Gasteiger partial charge in [-0.3, -0.25) is 9.80 Å². The van der Waals surface area contributed by atoms with Gasteiger partial charge in [0, 0.05) is 43.0 Å². The third-order valence-electron chi connectivity index (χ3n) is 5.85. The van der Waals surface area contributed by atoms with Gasteiger partial charge in [-0.15, -0.1) is 0 Å². The molecule has 3 rings (SSSR count). The van der Waals surface area contributed by atoms with Gasteiger partial charge in [0.1, 0.15) is 12.0 Å². The second-order valence-electron chi connectivity index (χ2n) is 8.52. The van der Waals surface area contributed by atoms with E-state index in [0.717, 1.165) is 48.2 Å². The van der Waals surface area contributed by atoms with Crippen molar-refractivity contribution >= 4 is 17.9 Å². The van der Waals surface area contributed by atoms with Crippen LogP contribution < -0.4 is 26.6 Å². The quantitative estimate of drug-likeness (QED) is 0.170. The molecule has 1 heterocycles. The van der Waals surface area contributed by atoms with E-state index in [1.54, 1.807) is 6.20 Å². The second kappa shape index (κ2) is 12.8. The number of rotatable bonds is 14. The predicted octanol–water partition coefficient (Wildman–Crippen LogP) is 2.94. The van der Waals surface area contributed by atoms with Gasteiger partial charge < -0.3 is 25.5 Å². The highest BCUT2D eigenvalue weighted by atomic mass is 16.5. The Balaban J connectivity index is 1.34. The summed E-state index contributed by atoms with van der Waals surface area (Å²) in [5, 5.41) is 4.83. The summed E-state index contributed by atoms with van der Waals surface area (Å²) in [6, 6.07) is 15.3. The minimum Gasteiger partial charge on any atom is -0.494 e. The van der Waals surface area contributed by atoms with Crippen LogP contribution in [0.4, 0.5) is 5.69 Å². The first-order valence-electron chi connectivity index (χ1n) is 11.8. The fraction of sp³-hybridized carbons (Fsp3) is 0.385. The maximum atomic E-state index is 12.6. The van der Waals surface area contributed by atoms with Gasteiger partial charge in [0.05, 0.1) is 12.3 Å². The first-order chi connectivity index (χ1) is 16.5. The Labute approximate surface area is 201 Å². The average molecular weight is 466 g/mol. The molecule has 0 radical (unpaired) electrons. The summed E-state index contributed by atoms with van der Waals surface area (Å²) < 4.78 is 5.89. The number of hydrogen-bond donors (Lipinski definition) is 3. The van der Waals surface area contributed by atoms with Crippen LogP contribution in [0, 0.1) is 0 Å². The normalized spacial score (nSPS) is 14.1. The summed E-state index contributed by atoms with van der Waals surface area (Å²) in [5.41, 5.74) is 9.28. The van der Waals surface area contributed by atoms with Gasteiger partial charge in [-0.2, -0.15) is 0 Å². The predicted molar refractivity (Wildman–Crippen MR) is 134 cm³/mol. The van der Waals surface area contributed by atoms with Crippen molar-refractivity contribution < 1.29 is 14.3 Å². The van der Waals surface area contributed by atoms with Crippen LogP contribution in [0.15, 0.2) is 60.4 Å². The van der Waals surface area contributed by atoms with E-state index in [1.807, 2.05) is 60.4 Å². The molecule has 0 saturated carbocycles. The van der Waals surface area contributed by atoms with Crippen LogP contribution in [-0.4, -0.2) is 42.8 Å². The third-order valence-corrected chi connectivity index (χ3v) is 5.85. The lowest BCUT2D eigenvalue weighted by Crippen LogP contribution is -2.33. The van der Waals surface area contributed by atoms with Crippen LogP contribution in [0.3, 0.4) is 0 Å². The number of amides is 1. The summed E-state index contributed by atoms with van der Waals surface area (Å²) in [7, 11) is 0. The lowest BCUT2D eigenvalue weighted by Gasteiger charge is -2.23. The maximum Gasteiger partial charge on any atom is 0.254 e. The number of para-hydroxylation sites is 1. The summed E-state index contributed by atoms with van der Waals surface area (Å²) in [6.07, 6.45) is 5.61. The Bertz CT molecular complexity index is 980. The zero-order valence-electron chi connectivity index (χ0n) is 19.8. The number of ether oxygens (including phenoxy) is 1. The van der Waals surface area contributed by atoms with E-state index in [1.165, 1.54) is 5.01 Å². The van der Waals surface area contributed by atoms with Crippen LogP contribution in [0.2, 0.25) is 0 Å². The number of carbonyl (C=O) groups excluding carboxylic acids is 2. The van der Waals surface area contributed by atoms with Gasteiger partial charge in [-0.05, 0) is 68.6 Å². The molecule has 1 amide bonds. The number of nitrogens with zero attached hydrogens (tertiary/aromatic N) is 2. The van der Waals surface area contributed by atoms with E-state index in [4.69, 9.17) is 16.3 Å². The van der Waals surface area contributed by atoms with Crippen molar-refractivity contribution in [2.24, 2.45) is 11.6 Å². The molecular weight excluding hydrogens is 430 g/mol.